The van der Waals surface area contributed by atoms with E-state index in [-0.39, 0.29) is 12.1 Å². The standard InChI is InChI=1S/C32H30N4O2/c1-23(26-14-10-24(19-33)11-15-26)22-38-31(27-7-4-3-5-8-27)29-21-36(30-9-6-18-34-32(30)35-29)20-25-12-16-28(37-2)17-13-25/h3-18,29,31H,1,20-22H2,2H3,(H,34,35)/t29-,31-/m0/s1. The Morgan fingerprint density at radius 3 is 2.53 bits per heavy atom. The first-order valence-electron chi connectivity index (χ1n) is 12.6. The van der Waals surface area contributed by atoms with Gasteiger partial charge in [-0.05, 0) is 58.7 Å². The van der Waals surface area contributed by atoms with Crippen LogP contribution < -0.4 is 15.0 Å². The van der Waals surface area contributed by atoms with Crippen LogP contribution in [0, 0.1) is 11.3 Å². The fraction of sp³-hybridized carbons (Fsp3) is 0.188. The lowest BCUT2D eigenvalue weighted by molar-refractivity contribution is 0.0633. The number of hydrogen-bond acceptors (Lipinski definition) is 6. The maximum atomic E-state index is 9.10. The Hall–Kier alpha value is -4.60. The molecule has 0 fully saturated rings. The molecule has 0 unspecified atom stereocenters. The number of nitrogens with zero attached hydrogens (tertiary/aromatic N) is 3. The Morgan fingerprint density at radius 1 is 1.05 bits per heavy atom. The Labute approximate surface area is 223 Å². The molecule has 0 aliphatic carbocycles. The first-order valence-corrected chi connectivity index (χ1v) is 12.6. The van der Waals surface area contributed by atoms with E-state index in [4.69, 9.17) is 14.7 Å². The van der Waals surface area contributed by atoms with Gasteiger partial charge in [-0.2, -0.15) is 5.26 Å². The van der Waals surface area contributed by atoms with Gasteiger partial charge >= 0.3 is 0 Å². The quantitative estimate of drug-likeness (QED) is 0.292. The van der Waals surface area contributed by atoms with Crippen molar-refractivity contribution >= 4 is 17.1 Å². The molecule has 0 radical (unpaired) electrons. The number of hydrogen-bond donors (Lipinski definition) is 1. The minimum absolute atomic E-state index is 0.0492. The first-order chi connectivity index (χ1) is 18.6. The zero-order valence-corrected chi connectivity index (χ0v) is 21.4. The maximum absolute atomic E-state index is 9.10. The SMILES string of the molecule is C=C(CO[C@@H](c1ccccc1)[C@@H]1CN(Cc2ccc(OC)cc2)c2cccnc2N1)c1ccc(C#N)cc1. The fourth-order valence-corrected chi connectivity index (χ4v) is 4.73. The van der Waals surface area contributed by atoms with E-state index >= 15 is 0 Å². The Balaban J connectivity index is 1.39. The fourth-order valence-electron chi connectivity index (χ4n) is 4.73. The summed E-state index contributed by atoms with van der Waals surface area (Å²) in [6.07, 6.45) is 1.57. The predicted octanol–water partition coefficient (Wildman–Crippen LogP) is 6.23. The molecule has 4 aromatic rings. The summed E-state index contributed by atoms with van der Waals surface area (Å²) in [5, 5.41) is 12.7. The Kier molecular flexibility index (Phi) is 7.67. The summed E-state index contributed by atoms with van der Waals surface area (Å²) < 4.78 is 11.9. The van der Waals surface area contributed by atoms with Crippen LogP contribution >= 0.6 is 0 Å². The zero-order chi connectivity index (χ0) is 26.3. The van der Waals surface area contributed by atoms with Crippen LogP contribution in [0.25, 0.3) is 5.57 Å². The molecular formula is C32H30N4O2. The van der Waals surface area contributed by atoms with Crippen LogP contribution in [-0.2, 0) is 11.3 Å². The number of aromatic nitrogens is 1. The highest BCUT2D eigenvalue weighted by atomic mass is 16.5. The minimum atomic E-state index is -0.236. The molecule has 38 heavy (non-hydrogen) atoms. The van der Waals surface area contributed by atoms with Crippen molar-refractivity contribution in [2.45, 2.75) is 18.7 Å². The molecule has 1 aliphatic heterocycles. The van der Waals surface area contributed by atoms with Gasteiger partial charge in [0.25, 0.3) is 0 Å². The number of pyridine rings is 1. The summed E-state index contributed by atoms with van der Waals surface area (Å²) in [4.78, 5) is 7.00. The van der Waals surface area contributed by atoms with Gasteiger partial charge in [-0.1, -0.05) is 61.2 Å². The monoisotopic (exact) mass is 502 g/mol. The van der Waals surface area contributed by atoms with Gasteiger partial charge in [0.15, 0.2) is 0 Å². The van der Waals surface area contributed by atoms with Gasteiger partial charge < -0.3 is 19.7 Å². The van der Waals surface area contributed by atoms with E-state index in [0.29, 0.717) is 12.2 Å². The molecule has 6 nitrogen and oxygen atoms in total. The lowest BCUT2D eigenvalue weighted by atomic mass is 9.98. The molecule has 6 heteroatoms. The van der Waals surface area contributed by atoms with E-state index < -0.39 is 0 Å². The summed E-state index contributed by atoms with van der Waals surface area (Å²) in [7, 11) is 1.68. The molecule has 1 N–H and O–H groups in total. The molecule has 1 aromatic heterocycles. The van der Waals surface area contributed by atoms with Gasteiger partial charge in [0.05, 0.1) is 37.1 Å². The van der Waals surface area contributed by atoms with E-state index in [1.54, 1.807) is 19.2 Å². The minimum Gasteiger partial charge on any atom is -0.497 e. The van der Waals surface area contributed by atoms with Crippen LogP contribution in [0.2, 0.25) is 0 Å². The molecule has 0 bridgehead atoms. The second-order valence-corrected chi connectivity index (χ2v) is 9.29. The topological polar surface area (TPSA) is 70.4 Å². The van der Waals surface area contributed by atoms with Crippen molar-refractivity contribution in [3.63, 3.8) is 0 Å². The van der Waals surface area contributed by atoms with Gasteiger partial charge in [0, 0.05) is 19.3 Å². The molecule has 3 aromatic carbocycles. The summed E-state index contributed by atoms with van der Waals surface area (Å²) in [6.45, 7) is 6.08. The number of nitrogens with one attached hydrogen (secondary N) is 1. The van der Waals surface area contributed by atoms with Gasteiger partial charge in [-0.15, -0.1) is 0 Å². The van der Waals surface area contributed by atoms with Gasteiger partial charge in [-0.25, -0.2) is 4.98 Å². The molecule has 1 aliphatic rings. The van der Waals surface area contributed by atoms with Crippen LogP contribution in [-0.4, -0.2) is 31.3 Å². The molecule has 5 rings (SSSR count). The van der Waals surface area contributed by atoms with Crippen molar-refractivity contribution in [2.75, 3.05) is 30.5 Å². The van der Waals surface area contributed by atoms with Crippen molar-refractivity contribution in [1.29, 1.82) is 5.26 Å². The van der Waals surface area contributed by atoms with Crippen LogP contribution in [0.5, 0.6) is 5.75 Å². The molecule has 2 heterocycles. The largest absolute Gasteiger partial charge is 0.497 e. The van der Waals surface area contributed by atoms with E-state index in [9.17, 15) is 0 Å². The van der Waals surface area contributed by atoms with Crippen molar-refractivity contribution < 1.29 is 9.47 Å². The third-order valence-electron chi connectivity index (χ3n) is 6.75. The lowest BCUT2D eigenvalue weighted by Gasteiger charge is -2.40. The highest BCUT2D eigenvalue weighted by molar-refractivity contribution is 5.69. The Bertz CT molecular complexity index is 1410. The molecular weight excluding hydrogens is 472 g/mol. The number of benzene rings is 3. The second-order valence-electron chi connectivity index (χ2n) is 9.29. The number of anilines is 2. The number of nitriles is 1. The zero-order valence-electron chi connectivity index (χ0n) is 21.4. The second kappa shape index (κ2) is 11.6. The van der Waals surface area contributed by atoms with E-state index in [1.807, 2.05) is 54.7 Å². The predicted molar refractivity (Wildman–Crippen MR) is 151 cm³/mol. The van der Waals surface area contributed by atoms with Crippen LogP contribution in [0.15, 0.2) is 104 Å². The normalized spacial score (nSPS) is 15.1. The number of ether oxygens (including phenoxy) is 2. The van der Waals surface area contributed by atoms with E-state index in [1.165, 1.54) is 5.56 Å². The molecule has 0 saturated heterocycles. The van der Waals surface area contributed by atoms with Gasteiger partial charge in [0.2, 0.25) is 0 Å². The van der Waals surface area contributed by atoms with E-state index in [2.05, 4.69) is 58.2 Å². The average Bonchev–Trinajstić information content (AvgIpc) is 2.98. The van der Waals surface area contributed by atoms with Crippen LogP contribution in [0.1, 0.15) is 28.4 Å². The third kappa shape index (κ3) is 5.69. The lowest BCUT2D eigenvalue weighted by Crippen LogP contribution is -2.45. The highest BCUT2D eigenvalue weighted by Crippen LogP contribution is 2.35. The van der Waals surface area contributed by atoms with Crippen LogP contribution in [0.4, 0.5) is 11.5 Å². The van der Waals surface area contributed by atoms with Crippen molar-refractivity contribution in [1.82, 2.24) is 4.98 Å². The van der Waals surface area contributed by atoms with E-state index in [0.717, 1.165) is 47.0 Å². The summed E-state index contributed by atoms with van der Waals surface area (Å²) in [5.41, 5.74) is 5.78. The summed E-state index contributed by atoms with van der Waals surface area (Å²) >= 11 is 0. The molecule has 190 valence electrons. The Morgan fingerprint density at radius 2 is 1.82 bits per heavy atom. The van der Waals surface area contributed by atoms with Gasteiger partial charge in [0.1, 0.15) is 17.7 Å². The first kappa shape index (κ1) is 25.1. The highest BCUT2D eigenvalue weighted by Gasteiger charge is 2.32. The van der Waals surface area contributed by atoms with Crippen molar-refractivity contribution in [2.24, 2.45) is 0 Å². The number of fused-ring (bicyclic) bond motifs is 1. The third-order valence-corrected chi connectivity index (χ3v) is 6.75. The van der Waals surface area contributed by atoms with Crippen LogP contribution in [0.3, 0.4) is 0 Å². The molecule has 0 amide bonds. The van der Waals surface area contributed by atoms with Crippen molar-refractivity contribution in [3.05, 3.63) is 126 Å². The smallest absolute Gasteiger partial charge is 0.149 e. The molecule has 0 spiro atoms. The maximum Gasteiger partial charge on any atom is 0.149 e. The number of methoxy groups -OCH3 is 1. The molecule has 2 atom stereocenters. The summed E-state index contributed by atoms with van der Waals surface area (Å²) in [6, 6.07) is 32.0. The average molecular weight is 503 g/mol. The number of rotatable bonds is 9. The van der Waals surface area contributed by atoms with Gasteiger partial charge in [-0.3, -0.25) is 0 Å². The molecule has 0 saturated carbocycles. The summed E-state index contributed by atoms with van der Waals surface area (Å²) in [5.74, 6) is 1.68. The van der Waals surface area contributed by atoms with Crippen molar-refractivity contribution in [3.8, 4) is 11.8 Å².